The van der Waals surface area contributed by atoms with Gasteiger partial charge in [0.15, 0.2) is 0 Å². The lowest BCUT2D eigenvalue weighted by Crippen LogP contribution is -2.62. The third-order valence-electron chi connectivity index (χ3n) is 9.82. The highest BCUT2D eigenvalue weighted by atomic mass is 16.3. The lowest BCUT2D eigenvalue weighted by molar-refractivity contribution is -0.206. The fraction of sp³-hybridized carbons (Fsp3) is 0.826. The van der Waals surface area contributed by atoms with Crippen LogP contribution in [0.1, 0.15) is 71.6 Å². The first-order chi connectivity index (χ1) is 13.9. The smallest absolute Gasteiger partial charge is 0.220 e. The Kier molecular flexibility index (Phi) is 4.59. The molecule has 1 aromatic rings. The van der Waals surface area contributed by atoms with Gasteiger partial charge in [-0.3, -0.25) is 0 Å². The summed E-state index contributed by atoms with van der Waals surface area (Å²) < 4.78 is 0. The predicted octanol–water partition coefficient (Wildman–Crippen LogP) is 3.94. The number of aliphatic hydroxyl groups is 2. The quantitative estimate of drug-likeness (QED) is 0.457. The Morgan fingerprint density at radius 3 is 2.79 bits per heavy atom. The zero-order valence-electron chi connectivity index (χ0n) is 17.8. The Hall–Kier alpha value is -1.40. The van der Waals surface area contributed by atoms with Crippen LogP contribution in [0.5, 0.6) is 0 Å². The first kappa shape index (κ1) is 19.6. The first-order valence-electron chi connectivity index (χ1n) is 11.6. The minimum atomic E-state index is -0.596. The molecule has 29 heavy (non-hydrogen) atoms. The van der Waals surface area contributed by atoms with Crippen molar-refractivity contribution in [2.24, 2.45) is 39.6 Å². The van der Waals surface area contributed by atoms with Gasteiger partial charge in [-0.25, -0.2) is 10.4 Å². The zero-order chi connectivity index (χ0) is 20.3. The van der Waals surface area contributed by atoms with Crippen LogP contribution in [0.25, 0.3) is 0 Å². The van der Waals surface area contributed by atoms with Crippen molar-refractivity contribution in [1.82, 2.24) is 9.97 Å². The van der Waals surface area contributed by atoms with Gasteiger partial charge in [0.2, 0.25) is 5.95 Å². The van der Waals surface area contributed by atoms with E-state index in [1.165, 1.54) is 6.42 Å². The van der Waals surface area contributed by atoms with E-state index >= 15 is 0 Å². The maximum atomic E-state index is 12.1. The van der Waals surface area contributed by atoms with Crippen molar-refractivity contribution in [2.75, 3.05) is 5.43 Å². The Labute approximate surface area is 173 Å². The Morgan fingerprint density at radius 1 is 1.14 bits per heavy atom. The van der Waals surface area contributed by atoms with Crippen molar-refractivity contribution < 1.29 is 10.2 Å². The zero-order valence-corrected chi connectivity index (χ0v) is 17.8. The number of imidazole rings is 1. The number of aromatic amines is 1. The van der Waals surface area contributed by atoms with E-state index in [1.54, 1.807) is 12.4 Å². The molecule has 4 fully saturated rings. The van der Waals surface area contributed by atoms with Crippen molar-refractivity contribution in [3.05, 3.63) is 12.4 Å². The molecule has 6 heteroatoms. The van der Waals surface area contributed by atoms with Crippen LogP contribution in [0.15, 0.2) is 17.5 Å². The summed E-state index contributed by atoms with van der Waals surface area (Å²) >= 11 is 0. The van der Waals surface area contributed by atoms with E-state index < -0.39 is 5.60 Å². The molecule has 0 radical (unpaired) electrons. The summed E-state index contributed by atoms with van der Waals surface area (Å²) in [5.74, 6) is 2.53. The number of hydrogen-bond donors (Lipinski definition) is 4. The molecule has 4 N–H and O–H groups in total. The van der Waals surface area contributed by atoms with Gasteiger partial charge in [0, 0.05) is 29.9 Å². The number of rotatable bonds is 3. The third-order valence-corrected chi connectivity index (χ3v) is 9.82. The highest BCUT2D eigenvalue weighted by Gasteiger charge is 2.66. The van der Waals surface area contributed by atoms with E-state index in [0.29, 0.717) is 23.7 Å². The SMILES string of the molecule is C[C@]12CCC(O)CC1CC[C@@H]1[C@H]2CC[C@]2(C)C(/C=N/Nc3ncc[nH]3)CC[C@@]12O. The van der Waals surface area contributed by atoms with Gasteiger partial charge < -0.3 is 15.2 Å². The normalized spacial score (nSPS) is 49.4. The lowest BCUT2D eigenvalue weighted by atomic mass is 9.43. The topological polar surface area (TPSA) is 93.5 Å². The summed E-state index contributed by atoms with van der Waals surface area (Å²) in [6.07, 6.45) is 14.8. The molecule has 6 nitrogen and oxygen atoms in total. The molecule has 4 aliphatic carbocycles. The molecule has 4 saturated carbocycles. The van der Waals surface area contributed by atoms with Crippen molar-refractivity contribution in [1.29, 1.82) is 0 Å². The molecule has 1 aromatic heterocycles. The number of aromatic nitrogens is 2. The van der Waals surface area contributed by atoms with Crippen molar-refractivity contribution >= 4 is 12.2 Å². The van der Waals surface area contributed by atoms with Gasteiger partial charge in [0.25, 0.3) is 0 Å². The van der Waals surface area contributed by atoms with Crippen LogP contribution >= 0.6 is 0 Å². The summed E-state index contributed by atoms with van der Waals surface area (Å²) in [4.78, 5) is 7.15. The third kappa shape index (κ3) is 2.82. The fourth-order valence-corrected chi connectivity index (χ4v) is 8.00. The molecule has 0 aromatic carbocycles. The minimum absolute atomic E-state index is 0.111. The number of nitrogens with one attached hydrogen (secondary N) is 2. The maximum Gasteiger partial charge on any atom is 0.220 e. The summed E-state index contributed by atoms with van der Waals surface area (Å²) in [6, 6.07) is 0. The highest BCUT2D eigenvalue weighted by Crippen LogP contribution is 2.68. The summed E-state index contributed by atoms with van der Waals surface area (Å²) in [5, 5.41) is 26.8. The van der Waals surface area contributed by atoms with Gasteiger partial charge in [-0.05, 0) is 81.0 Å². The van der Waals surface area contributed by atoms with Crippen LogP contribution in [-0.2, 0) is 0 Å². The highest BCUT2D eigenvalue weighted by molar-refractivity contribution is 5.64. The van der Waals surface area contributed by atoms with Gasteiger partial charge in [0.1, 0.15) is 0 Å². The van der Waals surface area contributed by atoms with Gasteiger partial charge in [-0.2, -0.15) is 5.10 Å². The molecule has 0 aliphatic heterocycles. The molecule has 3 unspecified atom stereocenters. The summed E-state index contributed by atoms with van der Waals surface area (Å²) in [6.45, 7) is 4.77. The van der Waals surface area contributed by atoms with Gasteiger partial charge in [-0.1, -0.05) is 13.8 Å². The van der Waals surface area contributed by atoms with E-state index in [4.69, 9.17) is 0 Å². The Bertz CT molecular complexity index is 767. The molecule has 0 bridgehead atoms. The minimum Gasteiger partial charge on any atom is -0.393 e. The van der Waals surface area contributed by atoms with Crippen molar-refractivity contribution in [3.63, 3.8) is 0 Å². The second-order valence-corrected chi connectivity index (χ2v) is 10.8. The summed E-state index contributed by atoms with van der Waals surface area (Å²) in [5.41, 5.74) is 2.55. The van der Waals surface area contributed by atoms with Crippen LogP contribution in [0.2, 0.25) is 0 Å². The van der Waals surface area contributed by atoms with E-state index in [1.807, 2.05) is 6.21 Å². The number of hydrogen-bond acceptors (Lipinski definition) is 5. The molecule has 8 atom stereocenters. The average molecular weight is 401 g/mol. The van der Waals surface area contributed by atoms with E-state index in [0.717, 1.165) is 51.4 Å². The average Bonchev–Trinajstić information content (AvgIpc) is 3.30. The van der Waals surface area contributed by atoms with Gasteiger partial charge >= 0.3 is 0 Å². The fourth-order valence-electron chi connectivity index (χ4n) is 8.00. The summed E-state index contributed by atoms with van der Waals surface area (Å²) in [7, 11) is 0. The monoisotopic (exact) mass is 400 g/mol. The number of H-pyrrole nitrogens is 1. The Morgan fingerprint density at radius 2 is 2.00 bits per heavy atom. The van der Waals surface area contributed by atoms with E-state index in [9.17, 15) is 10.2 Å². The maximum absolute atomic E-state index is 12.1. The van der Waals surface area contributed by atoms with Crippen molar-refractivity contribution in [2.45, 2.75) is 83.3 Å². The molecule has 0 amide bonds. The lowest BCUT2D eigenvalue weighted by Gasteiger charge is -2.63. The second kappa shape index (κ2) is 6.81. The van der Waals surface area contributed by atoms with Crippen molar-refractivity contribution in [3.8, 4) is 0 Å². The van der Waals surface area contributed by atoms with Crippen LogP contribution in [0.3, 0.4) is 0 Å². The molecule has 0 saturated heterocycles. The molecule has 160 valence electrons. The van der Waals surface area contributed by atoms with Crippen LogP contribution in [0.4, 0.5) is 5.95 Å². The predicted molar refractivity (Wildman–Crippen MR) is 113 cm³/mol. The number of aliphatic hydroxyl groups excluding tert-OH is 1. The number of hydrazone groups is 1. The standard InChI is InChI=1S/C23H36N4O2/c1-21-8-6-17(28)13-15(21)3-4-19-18(21)7-9-22(2)16(5-10-23(19,22)29)14-26-27-20-24-11-12-25-20/h11-12,14-19,28-29H,3-10,13H2,1-2H3,(H2,24,25,27)/b26-14+/t15?,16?,17?,18-,19-,21+,22-,23-/m1/s1. The first-order valence-corrected chi connectivity index (χ1v) is 11.6. The number of fused-ring (bicyclic) bond motifs is 5. The van der Waals surface area contributed by atoms with E-state index in [2.05, 4.69) is 34.3 Å². The largest absolute Gasteiger partial charge is 0.393 e. The second-order valence-electron chi connectivity index (χ2n) is 10.8. The van der Waals surface area contributed by atoms with Crippen LogP contribution in [-0.4, -0.2) is 38.1 Å². The van der Waals surface area contributed by atoms with E-state index in [-0.39, 0.29) is 22.9 Å². The molecular weight excluding hydrogens is 364 g/mol. The molecule has 0 spiro atoms. The molecular formula is C23H36N4O2. The van der Waals surface area contributed by atoms with Gasteiger partial charge in [-0.15, -0.1) is 0 Å². The van der Waals surface area contributed by atoms with Crippen LogP contribution in [0, 0.1) is 34.5 Å². The molecule has 4 aliphatic rings. The van der Waals surface area contributed by atoms with Gasteiger partial charge in [0.05, 0.1) is 11.7 Å². The molecule has 5 rings (SSSR count). The van der Waals surface area contributed by atoms with Crippen LogP contribution < -0.4 is 5.43 Å². The number of anilines is 1. The number of nitrogens with zero attached hydrogens (tertiary/aromatic N) is 2. The molecule has 1 heterocycles. The Balaban J connectivity index is 1.37.